The van der Waals surface area contributed by atoms with Gasteiger partial charge in [-0.3, -0.25) is 0 Å². The summed E-state index contributed by atoms with van der Waals surface area (Å²) >= 11 is 0. The molecule has 0 aliphatic rings. The van der Waals surface area contributed by atoms with Crippen molar-refractivity contribution in [1.82, 2.24) is 0 Å². The van der Waals surface area contributed by atoms with E-state index in [9.17, 15) is 0 Å². The van der Waals surface area contributed by atoms with Crippen LogP contribution in [0, 0.1) is 0 Å². The lowest BCUT2D eigenvalue weighted by atomic mass is 10.3. The zero-order valence-corrected chi connectivity index (χ0v) is 12.0. The van der Waals surface area contributed by atoms with Gasteiger partial charge < -0.3 is 5.09 Å². The highest BCUT2D eigenvalue weighted by atomic mass is 31.1. The van der Waals surface area contributed by atoms with E-state index in [0.717, 1.165) is 5.69 Å². The average Bonchev–Trinajstić information content (AvgIpc) is 2.55. The first-order chi connectivity index (χ1) is 9.93. The van der Waals surface area contributed by atoms with Crippen molar-refractivity contribution in [3.63, 3.8) is 0 Å². The van der Waals surface area contributed by atoms with Crippen molar-refractivity contribution in [3.8, 4) is 0 Å². The van der Waals surface area contributed by atoms with E-state index in [4.69, 9.17) is 0 Å². The second-order valence-corrected chi connectivity index (χ2v) is 6.41. The first-order valence-electron chi connectivity index (χ1n) is 6.65. The fraction of sp³-hybridized carbons (Fsp3) is 0. The molecule has 0 aliphatic carbocycles. The van der Waals surface area contributed by atoms with Crippen molar-refractivity contribution >= 4 is 24.4 Å². The minimum atomic E-state index is -0.577. The minimum Gasteiger partial charge on any atom is -0.357 e. The van der Waals surface area contributed by atoms with Crippen LogP contribution < -0.4 is 15.7 Å². The summed E-state index contributed by atoms with van der Waals surface area (Å²) in [5.74, 6) is 0. The van der Waals surface area contributed by atoms with E-state index in [2.05, 4.69) is 90.0 Å². The monoisotopic (exact) mass is 277 g/mol. The third-order valence-electron chi connectivity index (χ3n) is 3.04. The SMILES string of the molecule is c1ccc(NP(c2ccccc2)c2ccccc2)cc1. The Kier molecular flexibility index (Phi) is 4.10. The summed E-state index contributed by atoms with van der Waals surface area (Å²) < 4.78 is 0. The van der Waals surface area contributed by atoms with Crippen LogP contribution in [0.25, 0.3) is 0 Å². The molecule has 3 aromatic rings. The predicted octanol–water partition coefficient (Wildman–Crippen LogP) is 4.15. The lowest BCUT2D eigenvalue weighted by Gasteiger charge is -2.20. The first kappa shape index (κ1) is 12.9. The standard InChI is InChI=1S/C18H16NP/c1-4-10-16(11-5-1)19-20(17-12-6-2-7-13-17)18-14-8-3-9-15-18/h1-15,19H. The Labute approximate surface area is 121 Å². The highest BCUT2D eigenvalue weighted by Crippen LogP contribution is 2.34. The molecule has 0 radical (unpaired) electrons. The maximum atomic E-state index is 3.68. The van der Waals surface area contributed by atoms with Crippen molar-refractivity contribution in [3.05, 3.63) is 91.0 Å². The van der Waals surface area contributed by atoms with Gasteiger partial charge in [-0.2, -0.15) is 0 Å². The Hall–Kier alpha value is -2.11. The lowest BCUT2D eigenvalue weighted by molar-refractivity contribution is 1.67. The van der Waals surface area contributed by atoms with Crippen LogP contribution in [0.5, 0.6) is 0 Å². The summed E-state index contributed by atoms with van der Waals surface area (Å²) in [5.41, 5.74) is 1.16. The Balaban J connectivity index is 1.96. The predicted molar refractivity (Wildman–Crippen MR) is 89.1 cm³/mol. The van der Waals surface area contributed by atoms with E-state index >= 15 is 0 Å². The maximum Gasteiger partial charge on any atom is 0.0522 e. The van der Waals surface area contributed by atoms with Gasteiger partial charge in [-0.25, -0.2) is 0 Å². The molecule has 0 saturated carbocycles. The minimum absolute atomic E-state index is 0.577. The van der Waals surface area contributed by atoms with Crippen LogP contribution >= 0.6 is 8.07 Å². The number of nitrogens with one attached hydrogen (secondary N) is 1. The van der Waals surface area contributed by atoms with E-state index in [1.165, 1.54) is 10.6 Å². The number of hydrogen-bond donors (Lipinski definition) is 1. The molecule has 3 aromatic carbocycles. The van der Waals surface area contributed by atoms with E-state index in [-0.39, 0.29) is 0 Å². The second kappa shape index (κ2) is 6.36. The van der Waals surface area contributed by atoms with E-state index in [1.54, 1.807) is 0 Å². The second-order valence-electron chi connectivity index (χ2n) is 4.48. The zero-order chi connectivity index (χ0) is 13.6. The summed E-state index contributed by atoms with van der Waals surface area (Å²) in [6.07, 6.45) is 0. The molecule has 98 valence electrons. The van der Waals surface area contributed by atoms with Crippen molar-refractivity contribution < 1.29 is 0 Å². The van der Waals surface area contributed by atoms with Crippen LogP contribution in [0.3, 0.4) is 0 Å². The molecular weight excluding hydrogens is 261 g/mol. The molecule has 0 atom stereocenters. The van der Waals surface area contributed by atoms with E-state index < -0.39 is 8.07 Å². The van der Waals surface area contributed by atoms with Gasteiger partial charge in [-0.05, 0) is 12.1 Å². The van der Waals surface area contributed by atoms with Crippen molar-refractivity contribution in [2.45, 2.75) is 0 Å². The van der Waals surface area contributed by atoms with Gasteiger partial charge in [-0.1, -0.05) is 78.9 Å². The first-order valence-corrected chi connectivity index (χ1v) is 7.99. The van der Waals surface area contributed by atoms with Crippen LogP contribution in [0.2, 0.25) is 0 Å². The molecule has 0 fully saturated rings. The topological polar surface area (TPSA) is 12.0 Å². The number of rotatable bonds is 4. The summed E-state index contributed by atoms with van der Waals surface area (Å²) in [6, 6.07) is 31.7. The molecule has 0 aliphatic heterocycles. The Morgan fingerprint density at radius 2 is 0.900 bits per heavy atom. The van der Waals surface area contributed by atoms with E-state index in [1.807, 2.05) is 6.07 Å². The smallest absolute Gasteiger partial charge is 0.0522 e. The van der Waals surface area contributed by atoms with Crippen LogP contribution in [0.15, 0.2) is 91.0 Å². The van der Waals surface area contributed by atoms with Gasteiger partial charge in [0.05, 0.1) is 8.07 Å². The summed E-state index contributed by atoms with van der Waals surface area (Å²) in [7, 11) is -0.577. The lowest BCUT2D eigenvalue weighted by Crippen LogP contribution is -2.16. The highest BCUT2D eigenvalue weighted by Gasteiger charge is 2.13. The molecule has 0 unspecified atom stereocenters. The number of anilines is 1. The van der Waals surface area contributed by atoms with Gasteiger partial charge in [0.15, 0.2) is 0 Å². The van der Waals surface area contributed by atoms with Crippen molar-refractivity contribution in [2.24, 2.45) is 0 Å². The Morgan fingerprint density at radius 3 is 1.35 bits per heavy atom. The Bertz CT molecular complexity index is 599. The van der Waals surface area contributed by atoms with Crippen molar-refractivity contribution in [2.75, 3.05) is 5.09 Å². The molecule has 0 bridgehead atoms. The largest absolute Gasteiger partial charge is 0.357 e. The molecule has 0 spiro atoms. The fourth-order valence-corrected chi connectivity index (χ4v) is 3.98. The highest BCUT2D eigenvalue weighted by molar-refractivity contribution is 7.74. The number of para-hydroxylation sites is 1. The molecule has 1 N–H and O–H groups in total. The molecule has 0 amide bonds. The van der Waals surface area contributed by atoms with Gasteiger partial charge in [0.25, 0.3) is 0 Å². The molecule has 3 rings (SSSR count). The van der Waals surface area contributed by atoms with Gasteiger partial charge in [0.2, 0.25) is 0 Å². The Morgan fingerprint density at radius 1 is 0.500 bits per heavy atom. The summed E-state index contributed by atoms with van der Waals surface area (Å²) in [6.45, 7) is 0. The van der Waals surface area contributed by atoms with Crippen LogP contribution in [-0.2, 0) is 0 Å². The van der Waals surface area contributed by atoms with Crippen LogP contribution in [-0.4, -0.2) is 0 Å². The summed E-state index contributed by atoms with van der Waals surface area (Å²) in [4.78, 5) is 0. The third-order valence-corrected chi connectivity index (χ3v) is 5.15. The van der Waals surface area contributed by atoms with Crippen LogP contribution in [0.1, 0.15) is 0 Å². The molecular formula is C18H16NP. The van der Waals surface area contributed by atoms with E-state index in [0.29, 0.717) is 0 Å². The normalized spacial score (nSPS) is 10.4. The molecule has 20 heavy (non-hydrogen) atoms. The summed E-state index contributed by atoms with van der Waals surface area (Å²) in [5, 5.41) is 6.34. The van der Waals surface area contributed by atoms with Crippen molar-refractivity contribution in [1.29, 1.82) is 0 Å². The number of benzene rings is 3. The number of hydrogen-bond acceptors (Lipinski definition) is 1. The maximum absolute atomic E-state index is 3.68. The molecule has 0 aromatic heterocycles. The molecule has 0 heterocycles. The van der Waals surface area contributed by atoms with Gasteiger partial charge in [0, 0.05) is 16.3 Å². The third kappa shape index (κ3) is 3.07. The zero-order valence-electron chi connectivity index (χ0n) is 11.1. The van der Waals surface area contributed by atoms with Gasteiger partial charge in [-0.15, -0.1) is 0 Å². The molecule has 1 nitrogen and oxygen atoms in total. The van der Waals surface area contributed by atoms with Crippen LogP contribution in [0.4, 0.5) is 5.69 Å². The average molecular weight is 277 g/mol. The van der Waals surface area contributed by atoms with Gasteiger partial charge >= 0.3 is 0 Å². The quantitative estimate of drug-likeness (QED) is 0.706. The fourth-order valence-electron chi connectivity index (χ4n) is 2.07. The molecule has 0 saturated heterocycles. The van der Waals surface area contributed by atoms with Gasteiger partial charge in [0.1, 0.15) is 0 Å². The molecule has 2 heteroatoms.